The molecule has 1 aromatic carbocycles. The molecule has 0 unspecified atom stereocenters. The average molecular weight is 370 g/mol. The van der Waals surface area contributed by atoms with E-state index >= 15 is 0 Å². The van der Waals surface area contributed by atoms with Gasteiger partial charge in [0, 0.05) is 18.0 Å². The maximum absolute atomic E-state index is 12.5. The molecule has 3 rings (SSSR count). The Hall–Kier alpha value is -2.81. The lowest BCUT2D eigenvalue weighted by Crippen LogP contribution is -2.13. The summed E-state index contributed by atoms with van der Waals surface area (Å²) in [7, 11) is 0. The highest BCUT2D eigenvalue weighted by molar-refractivity contribution is 6.30. The quantitative estimate of drug-likeness (QED) is 0.738. The number of aromatic nitrogens is 4. The lowest BCUT2D eigenvalue weighted by atomic mass is 10.2. The van der Waals surface area contributed by atoms with Crippen molar-refractivity contribution in [1.29, 1.82) is 0 Å². The normalized spacial score (nSPS) is 11.5. The Labute approximate surface area is 144 Å². The first kappa shape index (κ1) is 17.0. The van der Waals surface area contributed by atoms with Crippen LogP contribution < -0.4 is 5.32 Å². The van der Waals surface area contributed by atoms with Gasteiger partial charge in [0.25, 0.3) is 5.91 Å². The molecule has 0 bridgehead atoms. The van der Waals surface area contributed by atoms with E-state index in [2.05, 4.69) is 15.5 Å². The van der Waals surface area contributed by atoms with Gasteiger partial charge >= 0.3 is 6.18 Å². The van der Waals surface area contributed by atoms with Gasteiger partial charge in [-0.2, -0.15) is 23.4 Å². The molecule has 10 heteroatoms. The summed E-state index contributed by atoms with van der Waals surface area (Å²) in [5.41, 5.74) is -0.175. The van der Waals surface area contributed by atoms with Crippen LogP contribution in [0.2, 0.25) is 5.02 Å². The summed E-state index contributed by atoms with van der Waals surface area (Å²) < 4.78 is 39.2. The Balaban J connectivity index is 1.71. The first-order valence-electron chi connectivity index (χ1n) is 7.02. The third kappa shape index (κ3) is 4.18. The number of aromatic amines is 1. The van der Waals surface area contributed by atoms with Crippen LogP contribution in [0.4, 0.5) is 18.9 Å². The number of amides is 1. The van der Waals surface area contributed by atoms with Crippen LogP contribution in [0.3, 0.4) is 0 Å². The second kappa shape index (κ2) is 6.60. The Kier molecular flexibility index (Phi) is 4.49. The van der Waals surface area contributed by atoms with Crippen molar-refractivity contribution in [2.24, 2.45) is 0 Å². The van der Waals surface area contributed by atoms with E-state index in [0.717, 1.165) is 5.56 Å². The Morgan fingerprint density at radius 3 is 2.76 bits per heavy atom. The molecule has 1 amide bonds. The van der Waals surface area contributed by atoms with E-state index in [1.54, 1.807) is 34.2 Å². The molecule has 2 N–H and O–H groups in total. The number of hydrogen-bond donors (Lipinski definition) is 2. The lowest BCUT2D eigenvalue weighted by molar-refractivity contribution is -0.141. The third-order valence-corrected chi connectivity index (χ3v) is 3.44. The van der Waals surface area contributed by atoms with Crippen molar-refractivity contribution in [1.82, 2.24) is 20.0 Å². The molecule has 0 atom stereocenters. The van der Waals surface area contributed by atoms with Gasteiger partial charge in [-0.3, -0.25) is 14.6 Å². The van der Waals surface area contributed by atoms with E-state index in [-0.39, 0.29) is 5.69 Å². The number of alkyl halides is 3. The first-order valence-corrected chi connectivity index (χ1v) is 7.40. The van der Waals surface area contributed by atoms with Gasteiger partial charge in [0.2, 0.25) is 0 Å². The largest absolute Gasteiger partial charge is 0.432 e. The van der Waals surface area contributed by atoms with E-state index < -0.39 is 17.8 Å². The molecule has 130 valence electrons. The molecule has 0 fully saturated rings. The van der Waals surface area contributed by atoms with Crippen LogP contribution in [0.15, 0.2) is 42.7 Å². The van der Waals surface area contributed by atoms with Crippen LogP contribution in [0.1, 0.15) is 21.7 Å². The number of anilines is 1. The van der Waals surface area contributed by atoms with Crippen LogP contribution in [-0.2, 0) is 12.7 Å². The maximum Gasteiger partial charge on any atom is 0.432 e. The number of hydrogen-bond acceptors (Lipinski definition) is 3. The Bertz CT molecular complexity index is 902. The molecule has 25 heavy (non-hydrogen) atoms. The molecule has 0 aliphatic rings. The van der Waals surface area contributed by atoms with E-state index in [9.17, 15) is 18.0 Å². The summed E-state index contributed by atoms with van der Waals surface area (Å²) in [5.74, 6) is -0.744. The molecule has 6 nitrogen and oxygen atoms in total. The zero-order valence-electron chi connectivity index (χ0n) is 12.5. The summed E-state index contributed by atoms with van der Waals surface area (Å²) >= 11 is 5.80. The highest BCUT2D eigenvalue weighted by Crippen LogP contribution is 2.27. The fourth-order valence-corrected chi connectivity index (χ4v) is 2.29. The smallest absolute Gasteiger partial charge is 0.321 e. The van der Waals surface area contributed by atoms with Gasteiger partial charge in [-0.15, -0.1) is 0 Å². The SMILES string of the molecule is O=C(Nc1cccc(Cn2cc(Cl)cn2)c1)c1cc(C(F)(F)F)[nH]n1. The zero-order chi connectivity index (χ0) is 18.0. The zero-order valence-corrected chi connectivity index (χ0v) is 13.3. The molecule has 0 spiro atoms. The highest BCUT2D eigenvalue weighted by Gasteiger charge is 2.33. The molecule has 0 aliphatic carbocycles. The van der Waals surface area contributed by atoms with Crippen LogP contribution >= 0.6 is 11.6 Å². The topological polar surface area (TPSA) is 75.6 Å². The molecule has 0 radical (unpaired) electrons. The average Bonchev–Trinajstić information content (AvgIpc) is 3.16. The van der Waals surface area contributed by atoms with Crippen LogP contribution in [0.25, 0.3) is 0 Å². The van der Waals surface area contributed by atoms with Crippen LogP contribution in [0.5, 0.6) is 0 Å². The van der Waals surface area contributed by atoms with Crippen molar-refractivity contribution in [2.45, 2.75) is 12.7 Å². The van der Waals surface area contributed by atoms with Crippen molar-refractivity contribution in [3.63, 3.8) is 0 Å². The number of halogens is 4. The van der Waals surface area contributed by atoms with Gasteiger partial charge < -0.3 is 5.32 Å². The van der Waals surface area contributed by atoms with Crippen molar-refractivity contribution in [3.8, 4) is 0 Å². The molecule has 3 aromatic rings. The highest BCUT2D eigenvalue weighted by atomic mass is 35.5. The van der Waals surface area contributed by atoms with Gasteiger partial charge in [-0.05, 0) is 17.7 Å². The molecular weight excluding hydrogens is 359 g/mol. The Morgan fingerprint density at radius 1 is 1.32 bits per heavy atom. The van der Waals surface area contributed by atoms with Crippen LogP contribution in [0, 0.1) is 0 Å². The molecule has 0 saturated carbocycles. The summed E-state index contributed by atoms with van der Waals surface area (Å²) in [4.78, 5) is 12.0. The lowest BCUT2D eigenvalue weighted by Gasteiger charge is -2.06. The van der Waals surface area contributed by atoms with Gasteiger partial charge in [-0.1, -0.05) is 23.7 Å². The molecule has 0 saturated heterocycles. The van der Waals surface area contributed by atoms with Crippen molar-refractivity contribution in [2.75, 3.05) is 5.32 Å². The van der Waals surface area contributed by atoms with E-state index in [4.69, 9.17) is 11.6 Å². The Morgan fingerprint density at radius 2 is 2.12 bits per heavy atom. The predicted octanol–water partition coefficient (Wildman–Crippen LogP) is 3.58. The van der Waals surface area contributed by atoms with E-state index in [0.29, 0.717) is 23.3 Å². The van der Waals surface area contributed by atoms with Gasteiger partial charge in [0.05, 0.1) is 17.8 Å². The number of benzene rings is 1. The van der Waals surface area contributed by atoms with Gasteiger partial charge in [0.15, 0.2) is 5.69 Å². The summed E-state index contributed by atoms with van der Waals surface area (Å²) in [6, 6.07) is 7.49. The van der Waals surface area contributed by atoms with E-state index in [1.165, 1.54) is 6.20 Å². The second-order valence-electron chi connectivity index (χ2n) is 5.18. The minimum atomic E-state index is -4.59. The standard InChI is InChI=1S/C15H11ClF3N5O/c16-10-6-20-24(8-10)7-9-2-1-3-11(4-9)21-14(25)12-5-13(23-22-12)15(17,18)19/h1-6,8H,7H2,(H,21,25)(H,22,23). The monoisotopic (exact) mass is 369 g/mol. The fraction of sp³-hybridized carbons (Fsp3) is 0.133. The second-order valence-corrected chi connectivity index (χ2v) is 5.61. The number of nitrogens with zero attached hydrogens (tertiary/aromatic N) is 3. The minimum Gasteiger partial charge on any atom is -0.321 e. The van der Waals surface area contributed by atoms with Crippen molar-refractivity contribution < 1.29 is 18.0 Å². The molecule has 2 aromatic heterocycles. The number of carbonyl (C=O) groups excluding carboxylic acids is 1. The van der Waals surface area contributed by atoms with Crippen molar-refractivity contribution >= 4 is 23.2 Å². The van der Waals surface area contributed by atoms with Crippen molar-refractivity contribution in [3.05, 3.63) is 64.7 Å². The third-order valence-electron chi connectivity index (χ3n) is 3.25. The number of carbonyl (C=O) groups is 1. The molecule has 0 aliphatic heterocycles. The van der Waals surface area contributed by atoms with Gasteiger partial charge in [0.1, 0.15) is 5.69 Å². The number of nitrogens with one attached hydrogen (secondary N) is 2. The molecule has 2 heterocycles. The maximum atomic E-state index is 12.5. The summed E-state index contributed by atoms with van der Waals surface area (Å²) in [6.45, 7) is 0.428. The molecular formula is C15H11ClF3N5O. The fourth-order valence-electron chi connectivity index (χ4n) is 2.14. The first-order chi connectivity index (χ1) is 11.8. The van der Waals surface area contributed by atoms with E-state index in [1.807, 2.05) is 6.07 Å². The minimum absolute atomic E-state index is 0.350. The van der Waals surface area contributed by atoms with Gasteiger partial charge in [-0.25, -0.2) is 0 Å². The number of rotatable bonds is 4. The summed E-state index contributed by atoms with van der Waals surface area (Å²) in [5, 5.41) is 12.2. The summed E-state index contributed by atoms with van der Waals surface area (Å²) in [6.07, 6.45) is -1.44. The predicted molar refractivity (Wildman–Crippen MR) is 84.3 cm³/mol. The number of H-pyrrole nitrogens is 1. The van der Waals surface area contributed by atoms with Crippen LogP contribution in [-0.4, -0.2) is 25.9 Å².